The van der Waals surface area contributed by atoms with Gasteiger partial charge in [0.15, 0.2) is 5.78 Å². The van der Waals surface area contributed by atoms with Gasteiger partial charge in [-0.2, -0.15) is 0 Å². The Kier molecular flexibility index (Phi) is 5.39. The molecule has 0 saturated heterocycles. The van der Waals surface area contributed by atoms with E-state index in [0.29, 0.717) is 12.0 Å². The van der Waals surface area contributed by atoms with Gasteiger partial charge in [-0.05, 0) is 60.8 Å². The molecule has 0 bridgehead atoms. The van der Waals surface area contributed by atoms with Crippen LogP contribution in [0, 0.1) is 5.92 Å². The van der Waals surface area contributed by atoms with Gasteiger partial charge < -0.3 is 4.90 Å². The molecule has 0 aliphatic heterocycles. The summed E-state index contributed by atoms with van der Waals surface area (Å²) in [5.74, 6) is 0.701. The number of ketones is 1. The molecule has 0 heterocycles. The maximum Gasteiger partial charge on any atom is 0.160 e. The zero-order valence-electron chi connectivity index (χ0n) is 11.8. The highest BCUT2D eigenvalue weighted by Crippen LogP contribution is 2.26. The van der Waals surface area contributed by atoms with Crippen LogP contribution >= 0.6 is 15.9 Å². The number of halogens is 1. The van der Waals surface area contributed by atoms with Crippen molar-refractivity contribution in [3.8, 4) is 0 Å². The highest BCUT2D eigenvalue weighted by Gasteiger charge is 2.14. The summed E-state index contributed by atoms with van der Waals surface area (Å²) in [5.41, 5.74) is 1.91. The molecule has 0 unspecified atom stereocenters. The lowest BCUT2D eigenvalue weighted by Gasteiger charge is -2.31. The summed E-state index contributed by atoms with van der Waals surface area (Å²) in [7, 11) is 0. The van der Waals surface area contributed by atoms with Gasteiger partial charge in [0.2, 0.25) is 0 Å². The van der Waals surface area contributed by atoms with Crippen molar-refractivity contribution in [3.05, 3.63) is 28.2 Å². The van der Waals surface area contributed by atoms with Crippen LogP contribution in [0.25, 0.3) is 0 Å². The summed E-state index contributed by atoms with van der Waals surface area (Å²) < 4.78 is 0.877. The SMILES string of the molecule is CC(=O)c1ccc(N(CC(C)C)C(C)C)cc1Br. The van der Waals surface area contributed by atoms with Crippen molar-refractivity contribution in [1.82, 2.24) is 0 Å². The Labute approximate surface area is 119 Å². The Morgan fingerprint density at radius 2 is 1.89 bits per heavy atom. The van der Waals surface area contributed by atoms with Gasteiger partial charge >= 0.3 is 0 Å². The predicted molar refractivity (Wildman–Crippen MR) is 81.5 cm³/mol. The first-order chi connectivity index (χ1) is 8.32. The minimum atomic E-state index is 0.0911. The lowest BCUT2D eigenvalue weighted by atomic mass is 10.1. The summed E-state index contributed by atoms with van der Waals surface area (Å²) in [6.07, 6.45) is 0. The Morgan fingerprint density at radius 3 is 2.28 bits per heavy atom. The molecule has 0 saturated carbocycles. The van der Waals surface area contributed by atoms with Crippen LogP contribution in [-0.2, 0) is 0 Å². The average molecular weight is 312 g/mol. The molecule has 100 valence electrons. The maximum absolute atomic E-state index is 11.4. The molecule has 1 rings (SSSR count). The third-order valence-electron chi connectivity index (χ3n) is 2.85. The molecule has 18 heavy (non-hydrogen) atoms. The number of carbonyl (C=O) groups excluding carboxylic acids is 1. The van der Waals surface area contributed by atoms with Crippen molar-refractivity contribution in [2.24, 2.45) is 5.92 Å². The molecule has 0 N–H and O–H groups in total. The maximum atomic E-state index is 11.4. The molecule has 0 radical (unpaired) electrons. The minimum absolute atomic E-state index is 0.0911. The topological polar surface area (TPSA) is 20.3 Å². The molecule has 0 amide bonds. The van der Waals surface area contributed by atoms with E-state index < -0.39 is 0 Å². The zero-order chi connectivity index (χ0) is 13.9. The van der Waals surface area contributed by atoms with Gasteiger partial charge in [-0.1, -0.05) is 13.8 Å². The molecule has 0 aliphatic carbocycles. The van der Waals surface area contributed by atoms with Gasteiger partial charge in [-0.3, -0.25) is 4.79 Å². The molecular formula is C15H22BrNO. The highest BCUT2D eigenvalue weighted by molar-refractivity contribution is 9.10. The number of Topliss-reactive ketones (excluding diaryl/α,β-unsaturated/α-hetero) is 1. The highest BCUT2D eigenvalue weighted by atomic mass is 79.9. The third-order valence-corrected chi connectivity index (χ3v) is 3.50. The average Bonchev–Trinajstić information content (AvgIpc) is 2.24. The van der Waals surface area contributed by atoms with Crippen LogP contribution in [0.5, 0.6) is 0 Å². The first kappa shape index (κ1) is 15.2. The van der Waals surface area contributed by atoms with E-state index in [-0.39, 0.29) is 5.78 Å². The Bertz CT molecular complexity index is 427. The zero-order valence-corrected chi connectivity index (χ0v) is 13.4. The number of hydrogen-bond donors (Lipinski definition) is 0. The lowest BCUT2D eigenvalue weighted by Crippen LogP contribution is -2.34. The Hall–Kier alpha value is -0.830. The summed E-state index contributed by atoms with van der Waals surface area (Å²) >= 11 is 3.48. The van der Waals surface area contributed by atoms with E-state index in [4.69, 9.17) is 0 Å². The smallest absolute Gasteiger partial charge is 0.160 e. The van der Waals surface area contributed by atoms with Crippen LogP contribution in [0.1, 0.15) is 45.0 Å². The second-order valence-electron chi connectivity index (χ2n) is 5.36. The predicted octanol–water partition coefficient (Wildman–Crippen LogP) is 4.52. The van der Waals surface area contributed by atoms with Crippen molar-refractivity contribution >= 4 is 27.4 Å². The standard InChI is InChI=1S/C15H22BrNO/c1-10(2)9-17(11(3)4)13-6-7-14(12(5)18)15(16)8-13/h6-8,10-11H,9H2,1-5H3. The van der Waals surface area contributed by atoms with Crippen molar-refractivity contribution in [2.45, 2.75) is 40.7 Å². The van der Waals surface area contributed by atoms with E-state index in [0.717, 1.165) is 22.3 Å². The molecule has 0 atom stereocenters. The van der Waals surface area contributed by atoms with Crippen LogP contribution in [0.15, 0.2) is 22.7 Å². The quantitative estimate of drug-likeness (QED) is 0.745. The second kappa shape index (κ2) is 6.37. The van der Waals surface area contributed by atoms with Crippen LogP contribution in [0.4, 0.5) is 5.69 Å². The van der Waals surface area contributed by atoms with Crippen LogP contribution in [0.2, 0.25) is 0 Å². The fraction of sp³-hybridized carbons (Fsp3) is 0.533. The number of rotatable bonds is 5. The van der Waals surface area contributed by atoms with Crippen LogP contribution in [0.3, 0.4) is 0 Å². The normalized spacial score (nSPS) is 11.1. The Balaban J connectivity index is 3.07. The number of nitrogens with zero attached hydrogens (tertiary/aromatic N) is 1. The lowest BCUT2D eigenvalue weighted by molar-refractivity contribution is 0.101. The van der Waals surface area contributed by atoms with Gasteiger partial charge in [0.05, 0.1) is 0 Å². The third kappa shape index (κ3) is 3.84. The molecule has 0 fully saturated rings. The fourth-order valence-corrected chi connectivity index (χ4v) is 2.62. The van der Waals surface area contributed by atoms with E-state index >= 15 is 0 Å². The van der Waals surface area contributed by atoms with E-state index in [1.165, 1.54) is 0 Å². The van der Waals surface area contributed by atoms with Crippen molar-refractivity contribution in [2.75, 3.05) is 11.4 Å². The number of hydrogen-bond acceptors (Lipinski definition) is 2. The van der Waals surface area contributed by atoms with Gasteiger partial charge in [-0.15, -0.1) is 0 Å². The molecule has 1 aromatic rings. The van der Waals surface area contributed by atoms with Gasteiger partial charge in [-0.25, -0.2) is 0 Å². The molecule has 2 nitrogen and oxygen atoms in total. The molecule has 0 aromatic heterocycles. The number of benzene rings is 1. The first-order valence-corrected chi connectivity index (χ1v) is 7.19. The molecule has 1 aromatic carbocycles. The number of anilines is 1. The molecule has 0 aliphatic rings. The van der Waals surface area contributed by atoms with E-state index in [1.807, 2.05) is 18.2 Å². The molecule has 0 spiro atoms. The largest absolute Gasteiger partial charge is 0.369 e. The van der Waals surface area contributed by atoms with Crippen molar-refractivity contribution in [1.29, 1.82) is 0 Å². The van der Waals surface area contributed by atoms with E-state index in [2.05, 4.69) is 48.5 Å². The van der Waals surface area contributed by atoms with Gasteiger partial charge in [0.1, 0.15) is 0 Å². The first-order valence-electron chi connectivity index (χ1n) is 6.40. The van der Waals surface area contributed by atoms with Crippen LogP contribution < -0.4 is 4.90 Å². The van der Waals surface area contributed by atoms with E-state index in [1.54, 1.807) is 6.92 Å². The monoisotopic (exact) mass is 311 g/mol. The van der Waals surface area contributed by atoms with Crippen molar-refractivity contribution < 1.29 is 4.79 Å². The molecular weight excluding hydrogens is 290 g/mol. The van der Waals surface area contributed by atoms with Gasteiger partial charge in [0.25, 0.3) is 0 Å². The summed E-state index contributed by atoms with van der Waals surface area (Å²) in [6, 6.07) is 6.42. The fourth-order valence-electron chi connectivity index (χ4n) is 1.98. The van der Waals surface area contributed by atoms with E-state index in [9.17, 15) is 4.79 Å². The molecule has 3 heteroatoms. The van der Waals surface area contributed by atoms with Crippen LogP contribution in [-0.4, -0.2) is 18.4 Å². The second-order valence-corrected chi connectivity index (χ2v) is 6.21. The minimum Gasteiger partial charge on any atom is -0.369 e. The summed E-state index contributed by atoms with van der Waals surface area (Å²) in [6.45, 7) is 11.4. The Morgan fingerprint density at radius 1 is 1.28 bits per heavy atom. The van der Waals surface area contributed by atoms with Gasteiger partial charge in [0, 0.05) is 28.3 Å². The number of carbonyl (C=O) groups is 1. The van der Waals surface area contributed by atoms with Crippen molar-refractivity contribution in [3.63, 3.8) is 0 Å². The summed E-state index contributed by atoms with van der Waals surface area (Å²) in [4.78, 5) is 13.8. The summed E-state index contributed by atoms with van der Waals surface area (Å²) in [5, 5.41) is 0.